The number of hydrogen-bond acceptors (Lipinski definition) is 3. The molecule has 0 aliphatic carbocycles. The van der Waals surface area contributed by atoms with Crippen LogP contribution in [0.5, 0.6) is 0 Å². The third-order valence-corrected chi connectivity index (χ3v) is 2.63. The molecule has 0 bridgehead atoms. The zero-order valence-corrected chi connectivity index (χ0v) is 8.64. The van der Waals surface area contributed by atoms with E-state index in [2.05, 4.69) is 12.6 Å². The quantitative estimate of drug-likeness (QED) is 0.550. The van der Waals surface area contributed by atoms with E-state index in [9.17, 15) is 4.79 Å². The normalized spacial score (nSPS) is 12.5. The van der Waals surface area contributed by atoms with Gasteiger partial charge in [0.2, 0.25) is 0 Å². The lowest BCUT2D eigenvalue weighted by molar-refractivity contribution is -0.141. The third kappa shape index (κ3) is 6.65. The minimum atomic E-state index is -0.754. The van der Waals surface area contributed by atoms with Crippen LogP contribution in [0.2, 0.25) is 0 Å². The molecule has 0 fully saturated rings. The second kappa shape index (κ2) is 5.85. The lowest BCUT2D eigenvalue weighted by Gasteiger charge is -2.03. The average Bonchev–Trinajstić information content (AvgIpc) is 1.86. The molecule has 0 aromatic carbocycles. The van der Waals surface area contributed by atoms with Gasteiger partial charge in [-0.3, -0.25) is 4.79 Å². The number of hydrogen-bond donors (Lipinski definition) is 2. The molecule has 5 heteroatoms. The smallest absolute Gasteiger partial charge is 0.306 e. The van der Waals surface area contributed by atoms with E-state index in [1.165, 1.54) is 11.8 Å². The van der Waals surface area contributed by atoms with Gasteiger partial charge >= 0.3 is 5.97 Å². The lowest BCUT2D eigenvalue weighted by atomic mass is 10.1. The Balaban J connectivity index is 3.39. The Bertz CT molecular complexity index is 158. The van der Waals surface area contributed by atoms with Gasteiger partial charge in [0.05, 0.1) is 5.92 Å². The topological polar surface area (TPSA) is 37.3 Å². The van der Waals surface area contributed by atoms with Crippen molar-refractivity contribution in [3.8, 4) is 0 Å². The van der Waals surface area contributed by atoms with Crippen LogP contribution in [0, 0.1) is 5.92 Å². The molecule has 11 heavy (non-hydrogen) atoms. The van der Waals surface area contributed by atoms with Gasteiger partial charge in [-0.25, -0.2) is 0 Å². The Morgan fingerprint density at radius 3 is 2.73 bits per heavy atom. The Labute approximate surface area is 81.2 Å². The summed E-state index contributed by atoms with van der Waals surface area (Å²) in [5.41, 5.74) is 0. The molecule has 1 unspecified atom stereocenters. The molecule has 2 nitrogen and oxygen atoms in total. The summed E-state index contributed by atoms with van der Waals surface area (Å²) >= 11 is 10.0. The van der Waals surface area contributed by atoms with Crippen molar-refractivity contribution in [2.75, 3.05) is 5.75 Å². The highest BCUT2D eigenvalue weighted by atomic mass is 32.2. The molecule has 64 valence electrons. The predicted molar refractivity (Wildman–Crippen MR) is 55.5 cm³/mol. The van der Waals surface area contributed by atoms with Gasteiger partial charge in [0.15, 0.2) is 0 Å². The van der Waals surface area contributed by atoms with Crippen molar-refractivity contribution in [3.05, 3.63) is 0 Å². The number of carbonyl (C=O) groups is 1. The standard InChI is InChI=1S/C6H10O2S3/c1-4(5(7)8)2-3-11-6(9)10/h4H,2-3H2,1H3,(H,7,8)(H,9,10). The molecule has 0 aliphatic heterocycles. The van der Waals surface area contributed by atoms with E-state index in [1.807, 2.05) is 0 Å². The van der Waals surface area contributed by atoms with E-state index in [0.29, 0.717) is 9.95 Å². The molecular weight excluding hydrogens is 200 g/mol. The summed E-state index contributed by atoms with van der Waals surface area (Å²) in [6, 6.07) is 0. The van der Waals surface area contributed by atoms with Gasteiger partial charge in [0.1, 0.15) is 3.53 Å². The molecule has 0 heterocycles. The van der Waals surface area contributed by atoms with Gasteiger partial charge in [-0.15, -0.1) is 24.4 Å². The first-order valence-electron chi connectivity index (χ1n) is 3.12. The largest absolute Gasteiger partial charge is 0.481 e. The van der Waals surface area contributed by atoms with E-state index >= 15 is 0 Å². The van der Waals surface area contributed by atoms with Crippen LogP contribution in [0.3, 0.4) is 0 Å². The number of thiocarbonyl (C=S) groups is 1. The summed E-state index contributed by atoms with van der Waals surface area (Å²) in [4.78, 5) is 10.3. The monoisotopic (exact) mass is 210 g/mol. The van der Waals surface area contributed by atoms with Gasteiger partial charge in [0, 0.05) is 5.75 Å². The Morgan fingerprint density at radius 1 is 1.82 bits per heavy atom. The van der Waals surface area contributed by atoms with Gasteiger partial charge in [0.25, 0.3) is 0 Å². The first kappa shape index (κ1) is 11.3. The van der Waals surface area contributed by atoms with Gasteiger partial charge < -0.3 is 5.11 Å². The van der Waals surface area contributed by atoms with Crippen LogP contribution in [0.15, 0.2) is 0 Å². The van der Waals surface area contributed by atoms with Crippen molar-refractivity contribution in [3.63, 3.8) is 0 Å². The van der Waals surface area contributed by atoms with Gasteiger partial charge in [-0.05, 0) is 6.42 Å². The first-order valence-corrected chi connectivity index (χ1v) is 4.96. The molecule has 0 aliphatic rings. The van der Waals surface area contributed by atoms with Crippen molar-refractivity contribution in [2.24, 2.45) is 5.92 Å². The van der Waals surface area contributed by atoms with E-state index in [0.717, 1.165) is 5.75 Å². The zero-order valence-electron chi connectivity index (χ0n) is 6.11. The highest BCUT2D eigenvalue weighted by Crippen LogP contribution is 2.13. The van der Waals surface area contributed by atoms with Crippen LogP contribution in [0.4, 0.5) is 0 Å². The van der Waals surface area contributed by atoms with Crippen molar-refractivity contribution in [1.29, 1.82) is 0 Å². The second-order valence-electron chi connectivity index (χ2n) is 2.14. The number of thiol groups is 1. The number of thioether (sulfide) groups is 1. The molecule has 1 atom stereocenters. The molecule has 0 aromatic rings. The molecule has 0 spiro atoms. The average molecular weight is 210 g/mol. The first-order chi connectivity index (χ1) is 5.04. The Kier molecular flexibility index (Phi) is 5.99. The van der Waals surface area contributed by atoms with Gasteiger partial charge in [-0.1, -0.05) is 19.1 Å². The van der Waals surface area contributed by atoms with Crippen molar-refractivity contribution in [1.82, 2.24) is 0 Å². The fraction of sp³-hybridized carbons (Fsp3) is 0.667. The third-order valence-electron chi connectivity index (χ3n) is 1.20. The second-order valence-corrected chi connectivity index (χ2v) is 4.97. The fourth-order valence-corrected chi connectivity index (χ4v) is 1.62. The molecule has 0 radical (unpaired) electrons. The highest BCUT2D eigenvalue weighted by Gasteiger charge is 2.09. The number of carboxylic acid groups (broad SMARTS) is 1. The summed E-state index contributed by atoms with van der Waals surface area (Å²) in [5.74, 6) is -0.309. The van der Waals surface area contributed by atoms with Crippen LogP contribution in [-0.2, 0) is 4.79 Å². The molecule has 0 saturated carbocycles. The van der Waals surface area contributed by atoms with Crippen LogP contribution < -0.4 is 0 Å². The minimum absolute atomic E-state index is 0.287. The van der Waals surface area contributed by atoms with E-state index in [4.69, 9.17) is 17.3 Å². The summed E-state index contributed by atoms with van der Waals surface area (Å²) in [7, 11) is 0. The summed E-state index contributed by atoms with van der Waals surface area (Å²) in [5, 5.41) is 8.49. The highest BCUT2D eigenvalue weighted by molar-refractivity contribution is 8.41. The maximum atomic E-state index is 10.3. The molecule has 0 rings (SSSR count). The maximum absolute atomic E-state index is 10.3. The van der Waals surface area contributed by atoms with E-state index < -0.39 is 5.97 Å². The SMILES string of the molecule is CC(CCSC(=S)S)C(=O)O. The number of aliphatic carboxylic acids is 1. The summed E-state index contributed by atoms with van der Waals surface area (Å²) < 4.78 is 0.572. The Morgan fingerprint density at radius 2 is 2.36 bits per heavy atom. The number of rotatable bonds is 4. The lowest BCUT2D eigenvalue weighted by Crippen LogP contribution is -2.10. The molecule has 1 N–H and O–H groups in total. The van der Waals surface area contributed by atoms with Gasteiger partial charge in [-0.2, -0.15) is 0 Å². The van der Waals surface area contributed by atoms with E-state index in [-0.39, 0.29) is 5.92 Å². The predicted octanol–water partition coefficient (Wildman–Crippen LogP) is 2.05. The van der Waals surface area contributed by atoms with Crippen molar-refractivity contribution >= 4 is 46.1 Å². The van der Waals surface area contributed by atoms with Crippen LogP contribution in [-0.4, -0.2) is 20.4 Å². The fourth-order valence-electron chi connectivity index (χ4n) is 0.446. The number of carboxylic acids is 1. The molecular formula is C6H10O2S3. The molecule has 0 aromatic heterocycles. The molecule has 0 amide bonds. The van der Waals surface area contributed by atoms with Crippen LogP contribution >= 0.6 is 36.6 Å². The molecule has 0 saturated heterocycles. The minimum Gasteiger partial charge on any atom is -0.481 e. The van der Waals surface area contributed by atoms with Crippen molar-refractivity contribution in [2.45, 2.75) is 13.3 Å². The van der Waals surface area contributed by atoms with E-state index in [1.54, 1.807) is 6.92 Å². The Hall–Kier alpha value is 0.260. The zero-order chi connectivity index (χ0) is 8.85. The van der Waals surface area contributed by atoms with Crippen LogP contribution in [0.1, 0.15) is 13.3 Å². The van der Waals surface area contributed by atoms with Crippen molar-refractivity contribution < 1.29 is 9.90 Å². The maximum Gasteiger partial charge on any atom is 0.306 e. The van der Waals surface area contributed by atoms with Crippen LogP contribution in [0.25, 0.3) is 0 Å². The summed E-state index contributed by atoms with van der Waals surface area (Å²) in [6.07, 6.45) is 0.640. The summed E-state index contributed by atoms with van der Waals surface area (Å²) in [6.45, 7) is 1.68.